The minimum Gasteiger partial charge on any atom is -0.481 e. The molecule has 1 aliphatic heterocycles. The van der Waals surface area contributed by atoms with Gasteiger partial charge in [0.15, 0.2) is 14.1 Å². The van der Waals surface area contributed by atoms with Crippen LogP contribution in [-0.2, 0) is 18.7 Å². The first-order valence-electron chi connectivity index (χ1n) is 7.54. The lowest BCUT2D eigenvalue weighted by atomic mass is 10.1. The molecule has 124 valence electrons. The van der Waals surface area contributed by atoms with Crippen molar-refractivity contribution in [3.05, 3.63) is 0 Å². The summed E-state index contributed by atoms with van der Waals surface area (Å²) >= 11 is 0. The maximum Gasteiger partial charge on any atom is 0.305 e. The smallest absolute Gasteiger partial charge is 0.305 e. The van der Waals surface area contributed by atoms with Gasteiger partial charge in [-0.1, -0.05) is 20.8 Å². The lowest BCUT2D eigenvalue weighted by Gasteiger charge is -2.39. The third-order valence-electron chi connectivity index (χ3n) is 4.26. The standard InChI is InChI=1S/C15H30O5Si/c1-14(2,3)21(6,7)20-11(9-13(16)17)8-12-10-18-15(4,5)19-12/h11-12H,8-10H2,1-7H3,(H,16,17)/t11-,12+/m1/s1. The van der Waals surface area contributed by atoms with Crippen LogP contribution < -0.4 is 0 Å². The molecule has 1 saturated heterocycles. The Balaban J connectivity index is 2.71. The Morgan fingerprint density at radius 3 is 2.38 bits per heavy atom. The first kappa shape index (κ1) is 18.6. The van der Waals surface area contributed by atoms with Crippen LogP contribution in [0, 0.1) is 0 Å². The minimum absolute atomic E-state index is 0.00674. The molecule has 1 aliphatic rings. The van der Waals surface area contributed by atoms with Gasteiger partial charge in [-0.05, 0) is 32.0 Å². The quantitative estimate of drug-likeness (QED) is 0.760. The van der Waals surface area contributed by atoms with E-state index < -0.39 is 20.1 Å². The topological polar surface area (TPSA) is 65.0 Å². The van der Waals surface area contributed by atoms with Crippen LogP contribution in [0.4, 0.5) is 0 Å². The van der Waals surface area contributed by atoms with Crippen LogP contribution in [0.2, 0.25) is 18.1 Å². The number of ether oxygens (including phenoxy) is 2. The number of aliphatic carboxylic acids is 1. The Morgan fingerprint density at radius 1 is 1.43 bits per heavy atom. The molecule has 21 heavy (non-hydrogen) atoms. The van der Waals surface area contributed by atoms with E-state index in [0.717, 1.165) is 0 Å². The van der Waals surface area contributed by atoms with Crippen molar-refractivity contribution in [1.82, 2.24) is 0 Å². The zero-order chi connectivity index (χ0) is 16.5. The molecule has 0 amide bonds. The van der Waals surface area contributed by atoms with Crippen LogP contribution in [0.1, 0.15) is 47.5 Å². The van der Waals surface area contributed by atoms with E-state index in [4.69, 9.17) is 19.0 Å². The van der Waals surface area contributed by atoms with Gasteiger partial charge >= 0.3 is 5.97 Å². The van der Waals surface area contributed by atoms with Gasteiger partial charge in [0.25, 0.3) is 0 Å². The first-order chi connectivity index (χ1) is 9.32. The number of rotatable bonds is 6. The van der Waals surface area contributed by atoms with E-state index >= 15 is 0 Å². The molecule has 0 unspecified atom stereocenters. The molecule has 0 aliphatic carbocycles. The zero-order valence-corrected chi connectivity index (χ0v) is 15.4. The Kier molecular flexibility index (Phi) is 5.64. The van der Waals surface area contributed by atoms with Crippen molar-refractivity contribution >= 4 is 14.3 Å². The summed E-state index contributed by atoms with van der Waals surface area (Å²) in [5.41, 5.74) is 0. The number of hydrogen-bond donors (Lipinski definition) is 1. The molecule has 0 aromatic carbocycles. The molecule has 1 fully saturated rings. The second-order valence-electron chi connectivity index (χ2n) is 7.78. The Hall–Kier alpha value is -0.433. The number of carboxylic acid groups (broad SMARTS) is 1. The second-order valence-corrected chi connectivity index (χ2v) is 12.5. The molecule has 0 aromatic rings. The molecule has 1 rings (SSSR count). The molecule has 0 spiro atoms. The highest BCUT2D eigenvalue weighted by Crippen LogP contribution is 2.38. The fourth-order valence-electron chi connectivity index (χ4n) is 2.13. The zero-order valence-electron chi connectivity index (χ0n) is 14.4. The summed E-state index contributed by atoms with van der Waals surface area (Å²) in [5, 5.41) is 9.18. The largest absolute Gasteiger partial charge is 0.481 e. The van der Waals surface area contributed by atoms with Gasteiger partial charge in [-0.3, -0.25) is 4.79 Å². The molecule has 0 saturated carbocycles. The molecule has 5 nitrogen and oxygen atoms in total. The molecule has 0 bridgehead atoms. The van der Waals surface area contributed by atoms with Gasteiger partial charge in [0.05, 0.1) is 25.2 Å². The van der Waals surface area contributed by atoms with Gasteiger partial charge in [0.2, 0.25) is 0 Å². The molecular formula is C15H30O5Si. The van der Waals surface area contributed by atoms with E-state index in [2.05, 4.69) is 33.9 Å². The third kappa shape index (κ3) is 5.69. The van der Waals surface area contributed by atoms with Crippen molar-refractivity contribution in [2.45, 2.75) is 83.6 Å². The number of hydrogen-bond acceptors (Lipinski definition) is 4. The van der Waals surface area contributed by atoms with Gasteiger partial charge < -0.3 is 19.0 Å². The van der Waals surface area contributed by atoms with Crippen molar-refractivity contribution in [2.75, 3.05) is 6.61 Å². The van der Waals surface area contributed by atoms with Crippen LogP contribution in [-0.4, -0.2) is 44.0 Å². The fraction of sp³-hybridized carbons (Fsp3) is 0.933. The van der Waals surface area contributed by atoms with E-state index in [1.165, 1.54) is 0 Å². The van der Waals surface area contributed by atoms with E-state index in [1.807, 2.05) is 13.8 Å². The molecule has 6 heteroatoms. The average Bonchev–Trinajstić information content (AvgIpc) is 2.54. The van der Waals surface area contributed by atoms with E-state index in [1.54, 1.807) is 0 Å². The van der Waals surface area contributed by atoms with Crippen LogP contribution in [0.5, 0.6) is 0 Å². The van der Waals surface area contributed by atoms with Gasteiger partial charge in [-0.25, -0.2) is 0 Å². The second kappa shape index (κ2) is 6.36. The highest BCUT2D eigenvalue weighted by atomic mass is 28.4. The molecule has 0 aromatic heterocycles. The third-order valence-corrected chi connectivity index (χ3v) is 8.80. The van der Waals surface area contributed by atoms with Crippen molar-refractivity contribution in [3.8, 4) is 0 Å². The van der Waals surface area contributed by atoms with E-state index in [9.17, 15) is 4.79 Å². The summed E-state index contributed by atoms with van der Waals surface area (Å²) in [4.78, 5) is 11.1. The monoisotopic (exact) mass is 318 g/mol. The molecule has 1 N–H and O–H groups in total. The van der Waals surface area contributed by atoms with E-state index in [0.29, 0.717) is 13.0 Å². The normalized spacial score (nSPS) is 24.0. The highest BCUT2D eigenvalue weighted by Gasteiger charge is 2.41. The maximum absolute atomic E-state index is 11.1. The number of carboxylic acids is 1. The summed E-state index contributed by atoms with van der Waals surface area (Å²) in [5.74, 6) is -1.42. The van der Waals surface area contributed by atoms with Gasteiger partial charge in [-0.15, -0.1) is 0 Å². The Bertz CT molecular complexity index is 373. The Labute approximate surface area is 129 Å². The lowest BCUT2D eigenvalue weighted by Crippen LogP contribution is -2.45. The maximum atomic E-state index is 11.1. The van der Waals surface area contributed by atoms with Gasteiger partial charge in [0.1, 0.15) is 0 Å². The van der Waals surface area contributed by atoms with Crippen LogP contribution in [0.3, 0.4) is 0 Å². The molecular weight excluding hydrogens is 288 g/mol. The van der Waals surface area contributed by atoms with Crippen molar-refractivity contribution < 1.29 is 23.8 Å². The summed E-state index contributed by atoms with van der Waals surface area (Å²) < 4.78 is 17.6. The predicted molar refractivity (Wildman–Crippen MR) is 83.8 cm³/mol. The summed E-state index contributed by atoms with van der Waals surface area (Å²) in [7, 11) is -2.00. The van der Waals surface area contributed by atoms with Gasteiger partial charge in [-0.2, -0.15) is 0 Å². The fourth-order valence-corrected chi connectivity index (χ4v) is 3.50. The van der Waals surface area contributed by atoms with E-state index in [-0.39, 0.29) is 23.7 Å². The average molecular weight is 318 g/mol. The Morgan fingerprint density at radius 2 is 2.00 bits per heavy atom. The predicted octanol–water partition coefficient (Wildman–Crippen LogP) is 3.39. The van der Waals surface area contributed by atoms with Crippen molar-refractivity contribution in [2.24, 2.45) is 0 Å². The summed E-state index contributed by atoms with van der Waals surface area (Å²) in [6.07, 6.45) is 0.134. The van der Waals surface area contributed by atoms with Gasteiger partial charge in [0, 0.05) is 6.42 Å². The number of carbonyl (C=O) groups is 1. The SMILES string of the molecule is CC1(C)OC[C@H](C[C@H](CC(=O)O)O[Si](C)(C)C(C)(C)C)O1. The molecule has 1 heterocycles. The first-order valence-corrected chi connectivity index (χ1v) is 10.4. The van der Waals surface area contributed by atoms with Crippen molar-refractivity contribution in [1.29, 1.82) is 0 Å². The van der Waals surface area contributed by atoms with Crippen LogP contribution >= 0.6 is 0 Å². The van der Waals surface area contributed by atoms with Crippen LogP contribution in [0.15, 0.2) is 0 Å². The highest BCUT2D eigenvalue weighted by molar-refractivity contribution is 6.74. The molecule has 2 atom stereocenters. The van der Waals surface area contributed by atoms with Crippen molar-refractivity contribution in [3.63, 3.8) is 0 Å². The molecule has 0 radical (unpaired) electrons. The summed E-state index contributed by atoms with van der Waals surface area (Å²) in [6.45, 7) is 14.9. The lowest BCUT2D eigenvalue weighted by molar-refractivity contribution is -0.144. The minimum atomic E-state index is -2.00. The summed E-state index contributed by atoms with van der Waals surface area (Å²) in [6, 6.07) is 0. The van der Waals surface area contributed by atoms with Crippen LogP contribution in [0.25, 0.3) is 0 Å².